The zero-order valence-electron chi connectivity index (χ0n) is 19.2. The number of thiol groups is 1. The second kappa shape index (κ2) is 14.2. The minimum Gasteiger partial charge on any atom is -0.480 e. The van der Waals surface area contributed by atoms with Crippen LogP contribution in [0.2, 0.25) is 0 Å². The Morgan fingerprint density at radius 2 is 1.44 bits per heavy atom. The summed E-state index contributed by atoms with van der Waals surface area (Å²) in [5.74, 6) is -4.39. The molecule has 1 aromatic carbocycles. The fourth-order valence-corrected chi connectivity index (χ4v) is 3.35. The van der Waals surface area contributed by atoms with Gasteiger partial charge in [0, 0.05) is 12.2 Å². The fraction of sp³-hybridized carbons (Fsp3) is 0.500. The highest BCUT2D eigenvalue weighted by molar-refractivity contribution is 7.80. The number of hydrogen-bond acceptors (Lipinski definition) is 7. The van der Waals surface area contributed by atoms with Crippen LogP contribution >= 0.6 is 12.6 Å². The van der Waals surface area contributed by atoms with Crippen molar-refractivity contribution in [2.24, 2.45) is 17.4 Å². The van der Waals surface area contributed by atoms with Crippen molar-refractivity contribution in [2.45, 2.75) is 57.3 Å². The number of nitrogens with two attached hydrogens (primary N) is 2. The van der Waals surface area contributed by atoms with Crippen molar-refractivity contribution in [3.05, 3.63) is 35.9 Å². The Labute approximate surface area is 203 Å². The third-order valence-electron chi connectivity index (χ3n) is 4.81. The molecule has 34 heavy (non-hydrogen) atoms. The van der Waals surface area contributed by atoms with Gasteiger partial charge in [-0.25, -0.2) is 4.79 Å². The highest BCUT2D eigenvalue weighted by Crippen LogP contribution is 2.06. The van der Waals surface area contributed by atoms with Gasteiger partial charge < -0.3 is 32.5 Å². The number of hydrogen-bond donors (Lipinski definition) is 7. The molecule has 11 nitrogen and oxygen atoms in total. The largest absolute Gasteiger partial charge is 0.480 e. The molecule has 0 saturated heterocycles. The summed E-state index contributed by atoms with van der Waals surface area (Å²) in [6, 6.07) is 3.89. The predicted octanol–water partition coefficient (Wildman–Crippen LogP) is -1.05. The molecule has 0 aliphatic carbocycles. The topological polar surface area (TPSA) is 194 Å². The van der Waals surface area contributed by atoms with E-state index in [1.165, 1.54) is 0 Å². The summed E-state index contributed by atoms with van der Waals surface area (Å²) >= 11 is 4.06. The average Bonchev–Trinajstić information content (AvgIpc) is 2.75. The van der Waals surface area contributed by atoms with Crippen molar-refractivity contribution in [3.8, 4) is 0 Å². The first-order valence-corrected chi connectivity index (χ1v) is 11.4. The highest BCUT2D eigenvalue weighted by Gasteiger charge is 2.31. The summed E-state index contributed by atoms with van der Waals surface area (Å²) in [5, 5.41) is 16.6. The first-order valence-electron chi connectivity index (χ1n) is 10.8. The Morgan fingerprint density at radius 3 is 1.94 bits per heavy atom. The van der Waals surface area contributed by atoms with Crippen LogP contribution in [0.1, 0.15) is 32.3 Å². The van der Waals surface area contributed by atoms with Crippen LogP contribution in [0.3, 0.4) is 0 Å². The van der Waals surface area contributed by atoms with E-state index in [2.05, 4.69) is 28.6 Å². The lowest BCUT2D eigenvalue weighted by atomic mass is 10.0. The number of rotatable bonds is 14. The standard InChI is InChI=1S/C22H33N5O6S/c1-12(2)8-14(23)19(29)27-17(11-34)21(31)25-15(10-18(24)28)20(30)26-16(22(32)33)9-13-6-4-3-5-7-13/h3-7,12,14-17,34H,8-11,23H2,1-2H3,(H2,24,28)(H,25,31)(H,26,30)(H,27,29)(H,32,33). The van der Waals surface area contributed by atoms with Gasteiger partial charge in [0.05, 0.1) is 12.5 Å². The van der Waals surface area contributed by atoms with E-state index in [9.17, 15) is 29.1 Å². The van der Waals surface area contributed by atoms with Gasteiger partial charge in [0.15, 0.2) is 0 Å². The van der Waals surface area contributed by atoms with E-state index in [1.54, 1.807) is 30.3 Å². The number of carbonyl (C=O) groups is 5. The van der Waals surface area contributed by atoms with Crippen molar-refractivity contribution in [1.82, 2.24) is 16.0 Å². The van der Waals surface area contributed by atoms with Crippen LogP contribution in [0.25, 0.3) is 0 Å². The zero-order chi connectivity index (χ0) is 25.8. The second-order valence-corrected chi connectivity index (χ2v) is 8.67. The highest BCUT2D eigenvalue weighted by atomic mass is 32.1. The molecule has 0 spiro atoms. The van der Waals surface area contributed by atoms with E-state index in [0.29, 0.717) is 12.0 Å². The molecule has 0 aliphatic heterocycles. The summed E-state index contributed by atoms with van der Waals surface area (Å²) in [6.45, 7) is 3.79. The number of carbonyl (C=O) groups excluding carboxylic acids is 4. The molecule has 4 amide bonds. The number of primary amides is 1. The van der Waals surface area contributed by atoms with Gasteiger partial charge in [-0.05, 0) is 17.9 Å². The molecule has 0 bridgehead atoms. The van der Waals surface area contributed by atoms with Crippen LogP contribution in [0, 0.1) is 5.92 Å². The molecule has 0 fully saturated rings. The van der Waals surface area contributed by atoms with E-state index in [-0.39, 0.29) is 18.1 Å². The van der Waals surface area contributed by atoms with Crippen molar-refractivity contribution in [2.75, 3.05) is 5.75 Å². The maximum absolute atomic E-state index is 12.8. The fourth-order valence-electron chi connectivity index (χ4n) is 3.09. The minimum absolute atomic E-state index is 0.0117. The molecule has 0 aromatic heterocycles. The SMILES string of the molecule is CC(C)CC(N)C(=O)NC(CS)C(=O)NC(CC(N)=O)C(=O)NC(Cc1ccccc1)C(=O)O. The lowest BCUT2D eigenvalue weighted by Crippen LogP contribution is -2.58. The van der Waals surface area contributed by atoms with Crippen molar-refractivity contribution in [3.63, 3.8) is 0 Å². The van der Waals surface area contributed by atoms with Gasteiger partial charge >= 0.3 is 5.97 Å². The van der Waals surface area contributed by atoms with Gasteiger partial charge in [-0.3, -0.25) is 19.2 Å². The third kappa shape index (κ3) is 10.2. The van der Waals surface area contributed by atoms with Gasteiger partial charge in [0.2, 0.25) is 23.6 Å². The molecule has 0 heterocycles. The predicted molar refractivity (Wildman–Crippen MR) is 129 cm³/mol. The smallest absolute Gasteiger partial charge is 0.326 e. The number of aliphatic carboxylic acids is 1. The first kappa shape index (κ1) is 28.9. The lowest BCUT2D eigenvalue weighted by Gasteiger charge is -2.24. The summed E-state index contributed by atoms with van der Waals surface area (Å²) < 4.78 is 0. The maximum Gasteiger partial charge on any atom is 0.326 e. The molecule has 0 saturated carbocycles. The number of amides is 4. The Kier molecular flexibility index (Phi) is 12.1. The van der Waals surface area contributed by atoms with E-state index in [4.69, 9.17) is 11.5 Å². The quantitative estimate of drug-likeness (QED) is 0.160. The van der Waals surface area contributed by atoms with Crippen LogP contribution in [-0.4, -0.2) is 64.6 Å². The summed E-state index contributed by atoms with van der Waals surface area (Å²) in [5.41, 5.74) is 11.7. The molecule has 0 radical (unpaired) electrons. The Morgan fingerprint density at radius 1 is 0.912 bits per heavy atom. The number of carboxylic acid groups (broad SMARTS) is 1. The van der Waals surface area contributed by atoms with Gasteiger partial charge in [-0.1, -0.05) is 44.2 Å². The van der Waals surface area contributed by atoms with E-state index in [1.807, 2.05) is 13.8 Å². The van der Waals surface area contributed by atoms with Crippen LogP contribution in [0.4, 0.5) is 0 Å². The molecule has 1 aromatic rings. The molecule has 8 N–H and O–H groups in total. The summed E-state index contributed by atoms with van der Waals surface area (Å²) in [4.78, 5) is 60.9. The summed E-state index contributed by atoms with van der Waals surface area (Å²) in [6.07, 6.45) is -0.186. The Hall–Kier alpha value is -3.12. The van der Waals surface area contributed by atoms with Crippen molar-refractivity contribution >= 4 is 42.2 Å². The minimum atomic E-state index is -1.45. The Balaban J connectivity index is 2.90. The third-order valence-corrected chi connectivity index (χ3v) is 5.18. The van der Waals surface area contributed by atoms with Crippen molar-refractivity contribution in [1.29, 1.82) is 0 Å². The van der Waals surface area contributed by atoms with Gasteiger partial charge in [0.1, 0.15) is 18.1 Å². The molecule has 188 valence electrons. The average molecular weight is 496 g/mol. The molecule has 4 atom stereocenters. The zero-order valence-corrected chi connectivity index (χ0v) is 20.1. The van der Waals surface area contributed by atoms with Crippen molar-refractivity contribution < 1.29 is 29.1 Å². The first-order chi connectivity index (χ1) is 15.9. The molecule has 4 unspecified atom stereocenters. The van der Waals surface area contributed by atoms with E-state index in [0.717, 1.165) is 0 Å². The maximum atomic E-state index is 12.8. The second-order valence-electron chi connectivity index (χ2n) is 8.30. The van der Waals surface area contributed by atoms with Gasteiger partial charge in [0.25, 0.3) is 0 Å². The van der Waals surface area contributed by atoms with Crippen LogP contribution in [0.15, 0.2) is 30.3 Å². The van der Waals surface area contributed by atoms with E-state index >= 15 is 0 Å². The Bertz CT molecular complexity index is 867. The summed E-state index contributed by atoms with van der Waals surface area (Å²) in [7, 11) is 0. The molecule has 12 heteroatoms. The monoisotopic (exact) mass is 495 g/mol. The molecular formula is C22H33N5O6S. The number of nitrogens with one attached hydrogen (secondary N) is 3. The molecule has 1 rings (SSSR count). The van der Waals surface area contributed by atoms with Crippen LogP contribution < -0.4 is 27.4 Å². The number of carboxylic acids is 1. The van der Waals surface area contributed by atoms with Crippen LogP contribution in [0.5, 0.6) is 0 Å². The number of benzene rings is 1. The van der Waals surface area contributed by atoms with Crippen LogP contribution in [-0.2, 0) is 30.4 Å². The van der Waals surface area contributed by atoms with Gasteiger partial charge in [-0.2, -0.15) is 12.6 Å². The van der Waals surface area contributed by atoms with Gasteiger partial charge in [-0.15, -0.1) is 0 Å². The van der Waals surface area contributed by atoms with E-state index < -0.39 is 60.2 Å². The normalized spacial score (nSPS) is 14.4. The molecule has 0 aliphatic rings. The molecular weight excluding hydrogens is 462 g/mol. The lowest BCUT2D eigenvalue weighted by molar-refractivity contribution is -0.142.